The number of hydrogen-bond acceptors (Lipinski definition) is 6. The molecule has 15 heteroatoms. The number of esters is 1. The summed E-state index contributed by atoms with van der Waals surface area (Å²) in [5.41, 5.74) is 1.13. The van der Waals surface area contributed by atoms with Crippen LogP contribution in [0.1, 0.15) is 33.6 Å². The van der Waals surface area contributed by atoms with Gasteiger partial charge < -0.3 is 24.8 Å². The van der Waals surface area contributed by atoms with Crippen LogP contribution in [0.5, 0.6) is 11.5 Å². The fraction of sp³-hybridized carbons (Fsp3) is 0.455. The van der Waals surface area contributed by atoms with E-state index < -0.39 is 49.2 Å². The molecule has 1 heterocycles. The largest absolute Gasteiger partial charge is 0.487 e. The molecule has 1 aromatic heterocycles. The Morgan fingerprint density at radius 3 is 2.24 bits per heavy atom. The van der Waals surface area contributed by atoms with Gasteiger partial charge in [-0.05, 0) is 43.5 Å². The molecule has 3 rings (SSSR count). The Kier molecular flexibility index (Phi) is 9.10. The van der Waals surface area contributed by atoms with E-state index in [1.807, 2.05) is 0 Å². The van der Waals surface area contributed by atoms with Crippen molar-refractivity contribution in [2.24, 2.45) is 0 Å². The number of anilines is 2. The van der Waals surface area contributed by atoms with Crippen LogP contribution in [0.15, 0.2) is 18.2 Å². The Balaban J connectivity index is 1.82. The van der Waals surface area contributed by atoms with Crippen molar-refractivity contribution in [2.75, 3.05) is 31.0 Å². The van der Waals surface area contributed by atoms with E-state index in [1.54, 1.807) is 0 Å². The van der Waals surface area contributed by atoms with Gasteiger partial charge in [0.05, 0.1) is 12.7 Å². The van der Waals surface area contributed by atoms with Crippen LogP contribution in [0.2, 0.25) is 0 Å². The highest BCUT2D eigenvalue weighted by Crippen LogP contribution is 2.39. The second-order valence-electron chi connectivity index (χ2n) is 7.93. The van der Waals surface area contributed by atoms with Gasteiger partial charge >= 0.3 is 24.5 Å². The number of methoxy groups -OCH3 is 1. The maximum absolute atomic E-state index is 13.3. The first kappa shape index (κ1) is 28.8. The maximum Gasteiger partial charge on any atom is 0.422 e. The van der Waals surface area contributed by atoms with Crippen LogP contribution in [-0.2, 0) is 17.6 Å². The first-order valence-electron chi connectivity index (χ1n) is 10.7. The van der Waals surface area contributed by atoms with Crippen molar-refractivity contribution >= 4 is 45.3 Å². The second kappa shape index (κ2) is 11.7. The normalized spacial score (nSPS) is 13.6. The molecule has 1 aliphatic rings. The molecular formula is C22H21F7N2O4S2. The van der Waals surface area contributed by atoms with Crippen LogP contribution < -0.4 is 20.1 Å². The second-order valence-corrected chi connectivity index (χ2v) is 9.45. The van der Waals surface area contributed by atoms with E-state index in [4.69, 9.17) is 21.7 Å². The lowest BCUT2D eigenvalue weighted by Crippen LogP contribution is -2.33. The molecule has 2 aromatic rings. The molecule has 37 heavy (non-hydrogen) atoms. The summed E-state index contributed by atoms with van der Waals surface area (Å²) in [5, 5.41) is 5.81. The Bertz CT molecular complexity index is 1140. The minimum absolute atomic E-state index is 0.0477. The first-order chi connectivity index (χ1) is 17.3. The van der Waals surface area contributed by atoms with Gasteiger partial charge in [-0.25, -0.2) is 13.6 Å². The highest BCUT2D eigenvalue weighted by molar-refractivity contribution is 7.80. The molecule has 1 aliphatic carbocycles. The van der Waals surface area contributed by atoms with E-state index in [9.17, 15) is 35.5 Å². The zero-order valence-corrected chi connectivity index (χ0v) is 20.8. The summed E-state index contributed by atoms with van der Waals surface area (Å²) >= 11 is 6.57. The van der Waals surface area contributed by atoms with Crippen LogP contribution in [-0.4, -0.2) is 49.9 Å². The predicted octanol–water partition coefficient (Wildman–Crippen LogP) is 6.44. The number of nitrogens with one attached hydrogen (secondary N) is 2. The van der Waals surface area contributed by atoms with Crippen molar-refractivity contribution in [1.29, 1.82) is 0 Å². The molecule has 0 aliphatic heterocycles. The average Bonchev–Trinajstić information content (AvgIpc) is 3.18. The number of thiocarbonyl (C=S) groups is 1. The summed E-state index contributed by atoms with van der Waals surface area (Å²) in [6.45, 7) is -3.42. The molecule has 0 saturated carbocycles. The number of alkyl halides is 7. The number of fused-ring (bicyclic) bond motifs is 1. The molecule has 0 radical (unpaired) electrons. The summed E-state index contributed by atoms with van der Waals surface area (Å²) in [4.78, 5) is 13.4. The molecule has 2 N–H and O–H groups in total. The van der Waals surface area contributed by atoms with Gasteiger partial charge in [0.15, 0.2) is 18.3 Å². The third-order valence-electron chi connectivity index (χ3n) is 5.08. The van der Waals surface area contributed by atoms with Crippen LogP contribution in [0, 0.1) is 0 Å². The number of hydrogen-bond donors (Lipinski definition) is 2. The summed E-state index contributed by atoms with van der Waals surface area (Å²) < 4.78 is 104. The van der Waals surface area contributed by atoms with E-state index in [1.165, 1.54) is 18.4 Å². The monoisotopic (exact) mass is 574 g/mol. The Morgan fingerprint density at radius 2 is 1.65 bits per heavy atom. The topological polar surface area (TPSA) is 68.8 Å². The smallest absolute Gasteiger partial charge is 0.422 e. The number of benzene rings is 1. The van der Waals surface area contributed by atoms with E-state index in [2.05, 4.69) is 15.4 Å². The highest BCUT2D eigenvalue weighted by Gasteiger charge is 2.41. The quantitative estimate of drug-likeness (QED) is 0.203. The van der Waals surface area contributed by atoms with Gasteiger partial charge in [0.25, 0.3) is 0 Å². The van der Waals surface area contributed by atoms with Gasteiger partial charge in [0, 0.05) is 28.8 Å². The highest BCUT2D eigenvalue weighted by atomic mass is 32.1. The van der Waals surface area contributed by atoms with Gasteiger partial charge in [0.2, 0.25) is 0 Å². The van der Waals surface area contributed by atoms with Crippen LogP contribution in [0.3, 0.4) is 0 Å². The molecule has 0 atom stereocenters. The SMILES string of the molecule is COC(=O)c1c(NC(=S)Nc2cc(OCC(F)(F)F)cc(OCC(F)(F)C(F)F)c2)sc2c1CCCC2. The van der Waals surface area contributed by atoms with Crippen molar-refractivity contribution < 1.29 is 49.7 Å². The molecule has 0 fully saturated rings. The Labute approximate surface area is 216 Å². The number of carbonyl (C=O) groups excluding carboxylic acids is 1. The summed E-state index contributed by atoms with van der Waals surface area (Å²) in [6.07, 6.45) is -5.41. The van der Waals surface area contributed by atoms with Crippen molar-refractivity contribution in [3.8, 4) is 11.5 Å². The third kappa shape index (κ3) is 7.84. The molecular weight excluding hydrogens is 553 g/mol. The first-order valence-corrected chi connectivity index (χ1v) is 12.0. The van der Waals surface area contributed by atoms with Gasteiger partial charge in [-0.15, -0.1) is 11.3 Å². The number of halogens is 7. The van der Waals surface area contributed by atoms with Crippen LogP contribution >= 0.6 is 23.6 Å². The lowest BCUT2D eigenvalue weighted by atomic mass is 9.95. The summed E-state index contributed by atoms with van der Waals surface area (Å²) in [5.74, 6) is -5.96. The maximum atomic E-state index is 13.3. The van der Waals surface area contributed by atoms with E-state index in [-0.39, 0.29) is 10.8 Å². The zero-order chi connectivity index (χ0) is 27.4. The number of ether oxygens (including phenoxy) is 3. The van der Waals surface area contributed by atoms with Crippen molar-refractivity contribution in [2.45, 2.75) is 44.2 Å². The molecule has 1 aromatic carbocycles. The Morgan fingerprint density at radius 1 is 1.03 bits per heavy atom. The van der Waals surface area contributed by atoms with Gasteiger partial charge in [-0.2, -0.15) is 22.0 Å². The number of rotatable bonds is 9. The molecule has 6 nitrogen and oxygen atoms in total. The van der Waals surface area contributed by atoms with Crippen molar-refractivity contribution in [1.82, 2.24) is 0 Å². The number of carbonyl (C=O) groups is 1. The summed E-state index contributed by atoms with van der Waals surface area (Å²) in [6, 6.07) is 2.99. The summed E-state index contributed by atoms with van der Waals surface area (Å²) in [7, 11) is 1.24. The molecule has 0 spiro atoms. The van der Waals surface area contributed by atoms with E-state index in [0.717, 1.165) is 47.9 Å². The van der Waals surface area contributed by atoms with E-state index in [0.29, 0.717) is 17.0 Å². The average molecular weight is 575 g/mol. The fourth-order valence-corrected chi connectivity index (χ4v) is 5.02. The zero-order valence-electron chi connectivity index (χ0n) is 19.1. The Hall–Kier alpha value is -2.81. The molecule has 0 bridgehead atoms. The molecule has 204 valence electrons. The predicted molar refractivity (Wildman–Crippen MR) is 127 cm³/mol. The van der Waals surface area contributed by atoms with Crippen molar-refractivity contribution in [3.05, 3.63) is 34.2 Å². The molecule has 0 unspecified atom stereocenters. The number of thiophene rings is 1. The lowest BCUT2D eigenvalue weighted by molar-refractivity contribution is -0.153. The van der Waals surface area contributed by atoms with Crippen LogP contribution in [0.4, 0.5) is 41.4 Å². The molecule has 0 saturated heterocycles. The minimum Gasteiger partial charge on any atom is -0.487 e. The third-order valence-corrected chi connectivity index (χ3v) is 6.49. The van der Waals surface area contributed by atoms with Crippen LogP contribution in [0.25, 0.3) is 0 Å². The van der Waals surface area contributed by atoms with E-state index >= 15 is 0 Å². The minimum atomic E-state index is -4.70. The van der Waals surface area contributed by atoms with Gasteiger partial charge in [-0.1, -0.05) is 0 Å². The van der Waals surface area contributed by atoms with Gasteiger partial charge in [-0.3, -0.25) is 0 Å². The van der Waals surface area contributed by atoms with Gasteiger partial charge in [0.1, 0.15) is 16.5 Å². The van der Waals surface area contributed by atoms with Crippen molar-refractivity contribution in [3.63, 3.8) is 0 Å². The number of aryl methyl sites for hydroxylation is 1. The standard InChI is InChI=1S/C22H21F7N2O4S2/c1-33-18(32)16-14-4-2-3-5-15(14)37-17(16)31-20(36)30-11-6-12(34-9-21(25,26)19(23)24)8-13(7-11)35-10-22(27,28)29/h6-8,19H,2-5,9-10H2,1H3,(H2,30,31,36). The fourth-order valence-electron chi connectivity index (χ4n) is 3.46. The molecule has 0 amide bonds. The lowest BCUT2D eigenvalue weighted by Gasteiger charge is -2.18.